The number of thiophene rings is 1. The van der Waals surface area contributed by atoms with Crippen molar-refractivity contribution in [1.29, 1.82) is 0 Å². The fourth-order valence-electron chi connectivity index (χ4n) is 2.28. The molecule has 2 N–H and O–H groups in total. The minimum absolute atomic E-state index is 0.272. The van der Waals surface area contributed by atoms with Gasteiger partial charge in [-0.3, -0.25) is 4.99 Å². The van der Waals surface area contributed by atoms with E-state index in [1.165, 1.54) is 10.4 Å². The Balaban J connectivity index is 1.58. The van der Waals surface area contributed by atoms with Gasteiger partial charge in [0.05, 0.1) is 11.0 Å². The van der Waals surface area contributed by atoms with Gasteiger partial charge in [-0.2, -0.15) is 0 Å². The molecule has 0 radical (unpaired) electrons. The highest BCUT2D eigenvalue weighted by molar-refractivity contribution is 9.10. The number of nitrogens with one attached hydrogen (secondary N) is 2. The van der Waals surface area contributed by atoms with Crippen LogP contribution in [0.2, 0.25) is 0 Å². The molecule has 0 atom stereocenters. The average molecular weight is 396 g/mol. The van der Waals surface area contributed by atoms with E-state index < -0.39 is 0 Å². The summed E-state index contributed by atoms with van der Waals surface area (Å²) in [4.78, 5) is 5.58. The lowest BCUT2D eigenvalue weighted by atomic mass is 10.2. The highest BCUT2D eigenvalue weighted by Gasteiger charge is 2.17. The highest BCUT2D eigenvalue weighted by Crippen LogP contribution is 2.39. The van der Waals surface area contributed by atoms with Gasteiger partial charge in [0.15, 0.2) is 17.5 Å². The predicted octanol–water partition coefficient (Wildman–Crippen LogP) is 3.41. The molecule has 0 fully saturated rings. The van der Waals surface area contributed by atoms with Crippen LogP contribution in [0, 0.1) is 6.92 Å². The SMILES string of the molecule is CN=C(NCc1cc(Br)c2c(c1)OCO2)NCc1sccc1C. The van der Waals surface area contributed by atoms with Crippen LogP contribution in [-0.4, -0.2) is 19.8 Å². The first kappa shape index (κ1) is 16.1. The molecule has 0 bridgehead atoms. The minimum Gasteiger partial charge on any atom is -0.454 e. The normalized spacial score (nSPS) is 13.3. The van der Waals surface area contributed by atoms with Gasteiger partial charge in [0.2, 0.25) is 6.79 Å². The first-order valence-electron chi connectivity index (χ1n) is 7.23. The standard InChI is InChI=1S/C16H18BrN3O2S/c1-10-3-4-23-14(10)8-20-16(18-2)19-7-11-5-12(17)15-13(6-11)21-9-22-15/h3-6H,7-9H2,1-2H3,(H2,18,19,20). The van der Waals surface area contributed by atoms with Crippen molar-refractivity contribution in [3.8, 4) is 11.5 Å². The molecule has 0 spiro atoms. The van der Waals surface area contributed by atoms with Crippen molar-refractivity contribution in [3.63, 3.8) is 0 Å². The van der Waals surface area contributed by atoms with Crippen molar-refractivity contribution in [2.24, 2.45) is 4.99 Å². The average Bonchev–Trinajstić information content (AvgIpc) is 3.17. The maximum atomic E-state index is 5.44. The maximum absolute atomic E-state index is 5.44. The zero-order valence-corrected chi connectivity index (χ0v) is 15.4. The highest BCUT2D eigenvalue weighted by atomic mass is 79.9. The van der Waals surface area contributed by atoms with Gasteiger partial charge in [-0.15, -0.1) is 11.3 Å². The van der Waals surface area contributed by atoms with Crippen LogP contribution in [0.15, 0.2) is 33.0 Å². The van der Waals surface area contributed by atoms with E-state index in [1.54, 1.807) is 18.4 Å². The largest absolute Gasteiger partial charge is 0.454 e. The maximum Gasteiger partial charge on any atom is 0.231 e. The number of ether oxygens (including phenoxy) is 2. The van der Waals surface area contributed by atoms with Crippen LogP contribution in [0.3, 0.4) is 0 Å². The Morgan fingerprint density at radius 3 is 2.87 bits per heavy atom. The smallest absolute Gasteiger partial charge is 0.231 e. The lowest BCUT2D eigenvalue weighted by molar-refractivity contribution is 0.173. The van der Waals surface area contributed by atoms with Gasteiger partial charge in [-0.25, -0.2) is 0 Å². The first-order chi connectivity index (χ1) is 11.2. The molecule has 122 valence electrons. The summed E-state index contributed by atoms with van der Waals surface area (Å²) in [7, 11) is 1.77. The van der Waals surface area contributed by atoms with E-state index in [4.69, 9.17) is 9.47 Å². The Kier molecular flexibility index (Phi) is 5.07. The zero-order chi connectivity index (χ0) is 16.2. The van der Waals surface area contributed by atoms with Crippen molar-refractivity contribution in [3.05, 3.63) is 44.1 Å². The fourth-order valence-corrected chi connectivity index (χ4v) is 3.73. The molecule has 1 aromatic carbocycles. The topological polar surface area (TPSA) is 54.9 Å². The monoisotopic (exact) mass is 395 g/mol. The Morgan fingerprint density at radius 2 is 2.13 bits per heavy atom. The molecule has 0 amide bonds. The van der Waals surface area contributed by atoms with Crippen LogP contribution >= 0.6 is 27.3 Å². The predicted molar refractivity (Wildman–Crippen MR) is 96.4 cm³/mol. The molecule has 0 saturated carbocycles. The van der Waals surface area contributed by atoms with E-state index in [1.807, 2.05) is 12.1 Å². The number of benzene rings is 1. The lowest BCUT2D eigenvalue weighted by Gasteiger charge is -2.12. The van der Waals surface area contributed by atoms with Crippen molar-refractivity contribution in [2.75, 3.05) is 13.8 Å². The summed E-state index contributed by atoms with van der Waals surface area (Å²) in [5.41, 5.74) is 2.40. The van der Waals surface area contributed by atoms with Gasteiger partial charge in [0, 0.05) is 18.5 Å². The molecule has 1 aliphatic rings. The summed E-state index contributed by atoms with van der Waals surface area (Å²) in [6.07, 6.45) is 0. The Hall–Kier alpha value is -1.73. The summed E-state index contributed by atoms with van der Waals surface area (Å²) >= 11 is 5.26. The van der Waals surface area contributed by atoms with E-state index >= 15 is 0 Å². The van der Waals surface area contributed by atoms with Crippen molar-refractivity contribution >= 4 is 33.2 Å². The molecule has 0 aliphatic carbocycles. The number of rotatable bonds is 4. The van der Waals surface area contributed by atoms with Crippen LogP contribution in [-0.2, 0) is 13.1 Å². The number of hydrogen-bond donors (Lipinski definition) is 2. The summed E-state index contributed by atoms with van der Waals surface area (Å²) in [6, 6.07) is 6.13. The van der Waals surface area contributed by atoms with Gasteiger partial charge in [-0.05, 0) is 57.6 Å². The third-order valence-electron chi connectivity index (χ3n) is 3.56. The van der Waals surface area contributed by atoms with Crippen molar-refractivity contribution in [1.82, 2.24) is 10.6 Å². The van der Waals surface area contributed by atoms with E-state index in [-0.39, 0.29) is 6.79 Å². The van der Waals surface area contributed by atoms with E-state index in [9.17, 15) is 0 Å². The van der Waals surface area contributed by atoms with Gasteiger partial charge in [0.1, 0.15) is 0 Å². The van der Waals surface area contributed by atoms with Crippen LogP contribution < -0.4 is 20.1 Å². The number of halogens is 1. The van der Waals surface area contributed by atoms with E-state index in [0.717, 1.165) is 34.0 Å². The molecule has 0 unspecified atom stereocenters. The Labute approximate surface area is 147 Å². The summed E-state index contributed by atoms with van der Waals surface area (Å²) < 4.78 is 11.7. The van der Waals surface area contributed by atoms with Crippen LogP contribution in [0.4, 0.5) is 0 Å². The number of aliphatic imine (C=N–C) groups is 1. The van der Waals surface area contributed by atoms with E-state index in [0.29, 0.717) is 6.54 Å². The van der Waals surface area contributed by atoms with Gasteiger partial charge in [-0.1, -0.05) is 0 Å². The van der Waals surface area contributed by atoms with Crippen molar-refractivity contribution < 1.29 is 9.47 Å². The molecule has 0 saturated heterocycles. The molecule has 2 aromatic rings. The van der Waals surface area contributed by atoms with Crippen LogP contribution in [0.25, 0.3) is 0 Å². The second-order valence-electron chi connectivity index (χ2n) is 5.12. The lowest BCUT2D eigenvalue weighted by Crippen LogP contribution is -2.36. The Bertz CT molecular complexity index is 730. The van der Waals surface area contributed by atoms with Crippen molar-refractivity contribution in [2.45, 2.75) is 20.0 Å². The number of guanidine groups is 1. The number of fused-ring (bicyclic) bond motifs is 1. The minimum atomic E-state index is 0.272. The van der Waals surface area contributed by atoms with E-state index in [2.05, 4.69) is 49.9 Å². The third kappa shape index (κ3) is 3.79. The van der Waals surface area contributed by atoms with Gasteiger partial charge < -0.3 is 20.1 Å². The molecule has 5 nitrogen and oxygen atoms in total. The number of hydrogen-bond acceptors (Lipinski definition) is 4. The third-order valence-corrected chi connectivity index (χ3v) is 5.17. The van der Waals surface area contributed by atoms with Crippen LogP contribution in [0.1, 0.15) is 16.0 Å². The van der Waals surface area contributed by atoms with Gasteiger partial charge in [0.25, 0.3) is 0 Å². The quantitative estimate of drug-likeness (QED) is 0.615. The number of aryl methyl sites for hydroxylation is 1. The molecule has 1 aromatic heterocycles. The summed E-state index contributed by atoms with van der Waals surface area (Å²) in [6.45, 7) is 3.81. The van der Waals surface area contributed by atoms with Crippen LogP contribution in [0.5, 0.6) is 11.5 Å². The zero-order valence-electron chi connectivity index (χ0n) is 13.0. The summed E-state index contributed by atoms with van der Waals surface area (Å²) in [5.74, 6) is 2.31. The Morgan fingerprint density at radius 1 is 1.30 bits per heavy atom. The first-order valence-corrected chi connectivity index (χ1v) is 8.90. The molecule has 2 heterocycles. The van der Waals surface area contributed by atoms with Gasteiger partial charge >= 0.3 is 0 Å². The summed E-state index contributed by atoms with van der Waals surface area (Å²) in [5, 5.41) is 8.75. The molecule has 7 heteroatoms. The molecule has 23 heavy (non-hydrogen) atoms. The number of nitrogens with zero attached hydrogens (tertiary/aromatic N) is 1. The second-order valence-corrected chi connectivity index (χ2v) is 6.97. The molecule has 3 rings (SSSR count). The molecular weight excluding hydrogens is 378 g/mol. The molecular formula is C16H18BrN3O2S. The fraction of sp³-hybridized carbons (Fsp3) is 0.312. The molecule has 1 aliphatic heterocycles. The second kappa shape index (κ2) is 7.23.